The molecule has 1 aromatic rings. The summed E-state index contributed by atoms with van der Waals surface area (Å²) in [6, 6.07) is 7.29. The predicted octanol–water partition coefficient (Wildman–Crippen LogP) is 1.71. The third-order valence-corrected chi connectivity index (χ3v) is 4.12. The van der Waals surface area contributed by atoms with Gasteiger partial charge in [-0.15, -0.1) is 0 Å². The molecule has 0 spiro atoms. The first-order chi connectivity index (χ1) is 9.19. The van der Waals surface area contributed by atoms with Crippen LogP contribution in [-0.4, -0.2) is 17.9 Å². The van der Waals surface area contributed by atoms with E-state index < -0.39 is 6.04 Å². The zero-order valence-corrected chi connectivity index (χ0v) is 11.0. The van der Waals surface area contributed by atoms with Crippen molar-refractivity contribution in [2.45, 2.75) is 32.2 Å². The summed E-state index contributed by atoms with van der Waals surface area (Å²) in [6.07, 6.45) is 2.59. The highest BCUT2D eigenvalue weighted by molar-refractivity contribution is 6.00. The summed E-state index contributed by atoms with van der Waals surface area (Å²) in [5, 5.41) is 5.73. The Balaban J connectivity index is 1.66. The van der Waals surface area contributed by atoms with Crippen molar-refractivity contribution in [3.8, 4) is 0 Å². The van der Waals surface area contributed by atoms with Gasteiger partial charge in [-0.2, -0.15) is 0 Å². The molecule has 1 aliphatic carbocycles. The second-order valence-corrected chi connectivity index (χ2v) is 5.42. The highest BCUT2D eigenvalue weighted by Gasteiger charge is 2.42. The van der Waals surface area contributed by atoms with E-state index in [2.05, 4.69) is 17.6 Å². The Hall–Kier alpha value is -1.84. The van der Waals surface area contributed by atoms with Gasteiger partial charge < -0.3 is 10.6 Å². The number of anilines is 1. The average Bonchev–Trinajstić information content (AvgIpc) is 3.19. The molecule has 2 amide bonds. The monoisotopic (exact) mass is 258 g/mol. The zero-order valence-electron chi connectivity index (χ0n) is 11.0. The van der Waals surface area contributed by atoms with Crippen LogP contribution in [0.1, 0.15) is 25.3 Å². The van der Waals surface area contributed by atoms with Crippen molar-refractivity contribution in [1.29, 1.82) is 0 Å². The Morgan fingerprint density at radius 3 is 2.95 bits per heavy atom. The largest absolute Gasteiger partial charge is 0.344 e. The lowest BCUT2D eigenvalue weighted by atomic mass is 9.99. The Morgan fingerprint density at radius 1 is 1.42 bits per heavy atom. The van der Waals surface area contributed by atoms with Crippen LogP contribution in [0.4, 0.5) is 5.69 Å². The van der Waals surface area contributed by atoms with Crippen LogP contribution in [-0.2, 0) is 16.0 Å². The summed E-state index contributed by atoms with van der Waals surface area (Å²) in [5.74, 6) is 0.557. The Bertz CT molecular complexity index is 527. The maximum atomic E-state index is 12.0. The SMILES string of the molecule is CC[C@@H]1C[C@H]1C(=O)NC1Cc2ccccc2NC1=O. The molecule has 100 valence electrons. The fraction of sp³-hybridized carbons (Fsp3) is 0.467. The van der Waals surface area contributed by atoms with Crippen LogP contribution in [0.15, 0.2) is 24.3 Å². The molecule has 2 aliphatic rings. The summed E-state index contributed by atoms with van der Waals surface area (Å²) in [7, 11) is 0. The molecule has 0 bridgehead atoms. The van der Waals surface area contributed by atoms with Gasteiger partial charge in [0.25, 0.3) is 0 Å². The molecule has 1 aliphatic heterocycles. The molecule has 1 heterocycles. The van der Waals surface area contributed by atoms with Gasteiger partial charge in [-0.1, -0.05) is 31.5 Å². The number of fused-ring (bicyclic) bond motifs is 1. The van der Waals surface area contributed by atoms with Gasteiger partial charge in [-0.25, -0.2) is 0 Å². The second-order valence-electron chi connectivity index (χ2n) is 5.42. The highest BCUT2D eigenvalue weighted by atomic mass is 16.2. The minimum absolute atomic E-state index is 0.0337. The molecule has 0 aromatic heterocycles. The van der Waals surface area contributed by atoms with Gasteiger partial charge in [-0.05, 0) is 24.0 Å². The van der Waals surface area contributed by atoms with Crippen molar-refractivity contribution in [2.75, 3.05) is 5.32 Å². The molecular formula is C15H18N2O2. The Morgan fingerprint density at radius 2 is 2.21 bits per heavy atom. The van der Waals surface area contributed by atoms with Crippen molar-refractivity contribution in [3.05, 3.63) is 29.8 Å². The third-order valence-electron chi connectivity index (χ3n) is 4.12. The number of amides is 2. The van der Waals surface area contributed by atoms with E-state index in [1.54, 1.807) is 0 Å². The summed E-state index contributed by atoms with van der Waals surface area (Å²) >= 11 is 0. The zero-order chi connectivity index (χ0) is 13.4. The summed E-state index contributed by atoms with van der Waals surface area (Å²) < 4.78 is 0. The van der Waals surface area contributed by atoms with Crippen molar-refractivity contribution in [1.82, 2.24) is 5.32 Å². The smallest absolute Gasteiger partial charge is 0.247 e. The van der Waals surface area contributed by atoms with Crippen molar-refractivity contribution in [2.24, 2.45) is 11.8 Å². The number of carbonyl (C=O) groups excluding carboxylic acids is 2. The van der Waals surface area contributed by atoms with Gasteiger partial charge in [0.15, 0.2) is 0 Å². The van der Waals surface area contributed by atoms with Crippen LogP contribution in [0.25, 0.3) is 0 Å². The molecule has 3 rings (SSSR count). The minimum atomic E-state index is -0.430. The van der Waals surface area contributed by atoms with Gasteiger partial charge in [0.2, 0.25) is 11.8 Å². The molecule has 1 saturated carbocycles. The van der Waals surface area contributed by atoms with Crippen LogP contribution in [0.5, 0.6) is 0 Å². The van der Waals surface area contributed by atoms with E-state index in [0.29, 0.717) is 12.3 Å². The first-order valence-corrected chi connectivity index (χ1v) is 6.88. The number of rotatable bonds is 3. The van der Waals surface area contributed by atoms with Crippen molar-refractivity contribution in [3.63, 3.8) is 0 Å². The first kappa shape index (κ1) is 12.2. The van der Waals surface area contributed by atoms with Gasteiger partial charge in [0, 0.05) is 18.0 Å². The van der Waals surface area contributed by atoms with E-state index in [9.17, 15) is 9.59 Å². The van der Waals surface area contributed by atoms with Gasteiger partial charge in [0.1, 0.15) is 6.04 Å². The van der Waals surface area contributed by atoms with Crippen LogP contribution in [0, 0.1) is 11.8 Å². The lowest BCUT2D eigenvalue weighted by molar-refractivity contribution is -0.127. The van der Waals surface area contributed by atoms with Crippen molar-refractivity contribution < 1.29 is 9.59 Å². The first-order valence-electron chi connectivity index (χ1n) is 6.88. The minimum Gasteiger partial charge on any atom is -0.344 e. The number of hydrogen-bond acceptors (Lipinski definition) is 2. The molecule has 0 radical (unpaired) electrons. The second kappa shape index (κ2) is 4.68. The summed E-state index contributed by atoms with van der Waals surface area (Å²) in [5.41, 5.74) is 1.94. The van der Waals surface area contributed by atoms with Crippen LogP contribution in [0.3, 0.4) is 0 Å². The molecular weight excluding hydrogens is 240 g/mol. The molecule has 1 unspecified atom stereocenters. The number of carbonyl (C=O) groups is 2. The normalized spacial score (nSPS) is 28.3. The molecule has 2 N–H and O–H groups in total. The molecule has 19 heavy (non-hydrogen) atoms. The molecule has 4 nitrogen and oxygen atoms in total. The van der Waals surface area contributed by atoms with Gasteiger partial charge >= 0.3 is 0 Å². The van der Waals surface area contributed by atoms with Crippen LogP contribution < -0.4 is 10.6 Å². The lowest BCUT2D eigenvalue weighted by Crippen LogP contribution is -2.48. The standard InChI is InChI=1S/C15H18N2O2/c1-2-9-7-11(9)14(18)17-13-8-10-5-3-4-6-12(10)16-15(13)19/h3-6,9,11,13H,2,7-8H2,1H3,(H,16,19)(H,17,18)/t9-,11-,13?/m1/s1. The van der Waals surface area contributed by atoms with Gasteiger partial charge in [0.05, 0.1) is 0 Å². The number of para-hydroxylation sites is 1. The predicted molar refractivity (Wildman–Crippen MR) is 72.6 cm³/mol. The van der Waals surface area contributed by atoms with E-state index in [0.717, 1.165) is 24.1 Å². The van der Waals surface area contributed by atoms with E-state index in [4.69, 9.17) is 0 Å². The Kier molecular flexibility index (Phi) is 3.01. The average molecular weight is 258 g/mol. The van der Waals surface area contributed by atoms with Crippen LogP contribution in [0.2, 0.25) is 0 Å². The maximum Gasteiger partial charge on any atom is 0.247 e. The highest BCUT2D eigenvalue weighted by Crippen LogP contribution is 2.41. The number of benzene rings is 1. The van der Waals surface area contributed by atoms with Crippen molar-refractivity contribution >= 4 is 17.5 Å². The van der Waals surface area contributed by atoms with E-state index >= 15 is 0 Å². The summed E-state index contributed by atoms with van der Waals surface area (Å²) in [6.45, 7) is 2.10. The number of nitrogens with one attached hydrogen (secondary N) is 2. The molecule has 0 saturated heterocycles. The molecule has 4 heteroatoms. The van der Waals surface area contributed by atoms with Gasteiger partial charge in [-0.3, -0.25) is 9.59 Å². The van der Waals surface area contributed by atoms with E-state index in [-0.39, 0.29) is 17.7 Å². The van der Waals surface area contributed by atoms with Crippen LogP contribution >= 0.6 is 0 Å². The fourth-order valence-corrected chi connectivity index (χ4v) is 2.77. The quantitative estimate of drug-likeness (QED) is 0.867. The Labute approximate surface area is 112 Å². The summed E-state index contributed by atoms with van der Waals surface area (Å²) in [4.78, 5) is 24.0. The van der Waals surface area contributed by atoms with E-state index in [1.165, 1.54) is 0 Å². The topological polar surface area (TPSA) is 58.2 Å². The maximum absolute atomic E-state index is 12.0. The molecule has 1 fully saturated rings. The number of hydrogen-bond donors (Lipinski definition) is 2. The fourth-order valence-electron chi connectivity index (χ4n) is 2.77. The molecule has 3 atom stereocenters. The lowest BCUT2D eigenvalue weighted by Gasteiger charge is -2.25. The third kappa shape index (κ3) is 2.35. The van der Waals surface area contributed by atoms with E-state index in [1.807, 2.05) is 24.3 Å². The molecule has 1 aromatic carbocycles.